The van der Waals surface area contributed by atoms with Crippen LogP contribution in [0.5, 0.6) is 0 Å². The summed E-state index contributed by atoms with van der Waals surface area (Å²) in [5, 5.41) is 13.9. The minimum absolute atomic E-state index is 0.0632. The SMILES string of the molecule is CN(CCCNC(=O)NCCCO)c1ccccc1F. The number of benzene rings is 1. The zero-order chi connectivity index (χ0) is 14.8. The molecule has 0 aliphatic carbocycles. The quantitative estimate of drug-likeness (QED) is 0.631. The Bertz CT molecular complexity index is 415. The fourth-order valence-corrected chi connectivity index (χ4v) is 1.74. The van der Waals surface area contributed by atoms with Gasteiger partial charge in [-0.15, -0.1) is 0 Å². The Hall–Kier alpha value is -1.82. The summed E-state index contributed by atoms with van der Waals surface area (Å²) in [5.41, 5.74) is 0.555. The number of amides is 2. The number of aliphatic hydroxyl groups excluding tert-OH is 1. The lowest BCUT2D eigenvalue weighted by atomic mass is 10.2. The molecule has 0 bridgehead atoms. The first-order valence-corrected chi connectivity index (χ1v) is 6.73. The Labute approximate surface area is 118 Å². The van der Waals surface area contributed by atoms with E-state index in [2.05, 4.69) is 10.6 Å². The van der Waals surface area contributed by atoms with E-state index in [1.807, 2.05) is 11.9 Å². The molecule has 0 fully saturated rings. The summed E-state index contributed by atoms with van der Waals surface area (Å²) in [6.07, 6.45) is 1.27. The predicted molar refractivity (Wildman–Crippen MR) is 77.4 cm³/mol. The fourth-order valence-electron chi connectivity index (χ4n) is 1.74. The molecule has 6 heteroatoms. The Morgan fingerprint density at radius 3 is 2.55 bits per heavy atom. The van der Waals surface area contributed by atoms with E-state index in [0.29, 0.717) is 31.7 Å². The number of nitrogens with zero attached hydrogens (tertiary/aromatic N) is 1. The zero-order valence-corrected chi connectivity index (χ0v) is 11.7. The molecular weight excluding hydrogens is 261 g/mol. The third-order valence-electron chi connectivity index (χ3n) is 2.84. The number of hydrogen-bond acceptors (Lipinski definition) is 3. The van der Waals surface area contributed by atoms with E-state index in [9.17, 15) is 9.18 Å². The van der Waals surface area contributed by atoms with Gasteiger partial charge in [0.15, 0.2) is 0 Å². The first-order chi connectivity index (χ1) is 9.65. The second kappa shape index (κ2) is 9.14. The van der Waals surface area contributed by atoms with Gasteiger partial charge in [-0.2, -0.15) is 0 Å². The average molecular weight is 283 g/mol. The summed E-state index contributed by atoms with van der Waals surface area (Å²) < 4.78 is 13.5. The largest absolute Gasteiger partial charge is 0.396 e. The van der Waals surface area contributed by atoms with Gasteiger partial charge in [0.25, 0.3) is 0 Å². The van der Waals surface area contributed by atoms with Crippen molar-refractivity contribution in [2.45, 2.75) is 12.8 Å². The van der Waals surface area contributed by atoms with E-state index in [4.69, 9.17) is 5.11 Å². The smallest absolute Gasteiger partial charge is 0.314 e. The lowest BCUT2D eigenvalue weighted by Gasteiger charge is -2.19. The number of nitrogens with one attached hydrogen (secondary N) is 2. The minimum atomic E-state index is -0.246. The number of aliphatic hydroxyl groups is 1. The van der Waals surface area contributed by atoms with E-state index in [1.54, 1.807) is 18.2 Å². The van der Waals surface area contributed by atoms with E-state index in [-0.39, 0.29) is 18.5 Å². The molecule has 112 valence electrons. The van der Waals surface area contributed by atoms with Gasteiger partial charge in [0.1, 0.15) is 5.82 Å². The van der Waals surface area contributed by atoms with Gasteiger partial charge in [0.05, 0.1) is 5.69 Å². The van der Waals surface area contributed by atoms with Gasteiger partial charge >= 0.3 is 6.03 Å². The maximum Gasteiger partial charge on any atom is 0.314 e. The number of halogens is 1. The number of urea groups is 1. The van der Waals surface area contributed by atoms with Crippen molar-refractivity contribution < 1.29 is 14.3 Å². The Balaban J connectivity index is 2.18. The summed E-state index contributed by atoms with van der Waals surface area (Å²) in [4.78, 5) is 13.1. The molecule has 0 heterocycles. The van der Waals surface area contributed by atoms with E-state index >= 15 is 0 Å². The fraction of sp³-hybridized carbons (Fsp3) is 0.500. The Morgan fingerprint density at radius 2 is 1.90 bits per heavy atom. The normalized spacial score (nSPS) is 10.2. The molecule has 0 aliphatic rings. The number of rotatable bonds is 8. The van der Waals surface area contributed by atoms with Crippen molar-refractivity contribution in [3.8, 4) is 0 Å². The molecule has 1 aromatic rings. The van der Waals surface area contributed by atoms with Crippen LogP contribution in [0.4, 0.5) is 14.9 Å². The summed E-state index contributed by atoms with van der Waals surface area (Å²) in [6.45, 7) is 1.69. The van der Waals surface area contributed by atoms with Crippen LogP contribution in [-0.2, 0) is 0 Å². The topological polar surface area (TPSA) is 64.6 Å². The highest BCUT2D eigenvalue weighted by molar-refractivity contribution is 5.73. The first kappa shape index (κ1) is 16.2. The lowest BCUT2D eigenvalue weighted by molar-refractivity contribution is 0.238. The van der Waals surface area contributed by atoms with Crippen molar-refractivity contribution in [3.05, 3.63) is 30.1 Å². The molecule has 0 unspecified atom stereocenters. The van der Waals surface area contributed by atoms with Crippen LogP contribution in [-0.4, -0.2) is 44.4 Å². The van der Waals surface area contributed by atoms with Crippen molar-refractivity contribution >= 4 is 11.7 Å². The van der Waals surface area contributed by atoms with E-state index in [1.165, 1.54) is 6.07 Å². The van der Waals surface area contributed by atoms with E-state index in [0.717, 1.165) is 6.42 Å². The monoisotopic (exact) mass is 283 g/mol. The summed E-state index contributed by atoms with van der Waals surface area (Å²) >= 11 is 0. The molecule has 1 aromatic carbocycles. The average Bonchev–Trinajstić information content (AvgIpc) is 2.44. The molecule has 3 N–H and O–H groups in total. The second-order valence-electron chi connectivity index (χ2n) is 4.49. The van der Waals surface area contributed by atoms with Crippen molar-refractivity contribution in [1.29, 1.82) is 0 Å². The molecular formula is C14H22FN3O2. The second-order valence-corrected chi connectivity index (χ2v) is 4.49. The Morgan fingerprint density at radius 1 is 1.25 bits per heavy atom. The van der Waals surface area contributed by atoms with Crippen LogP contribution < -0.4 is 15.5 Å². The Kier molecular flexibility index (Phi) is 7.42. The lowest BCUT2D eigenvalue weighted by Crippen LogP contribution is -2.37. The molecule has 0 radical (unpaired) electrons. The summed E-state index contributed by atoms with van der Waals surface area (Å²) in [6, 6.07) is 6.36. The standard InChI is InChI=1S/C14H22FN3O2/c1-18(13-7-3-2-6-12(13)15)10-4-8-16-14(20)17-9-5-11-19/h2-3,6-7,19H,4-5,8-11H2,1H3,(H2,16,17,20). The summed E-state index contributed by atoms with van der Waals surface area (Å²) in [7, 11) is 1.82. The van der Waals surface area contributed by atoms with Gasteiger partial charge in [-0.25, -0.2) is 9.18 Å². The first-order valence-electron chi connectivity index (χ1n) is 6.73. The molecule has 0 saturated carbocycles. The van der Waals surface area contributed by atoms with Crippen LogP contribution in [0.15, 0.2) is 24.3 Å². The van der Waals surface area contributed by atoms with Gasteiger partial charge in [0.2, 0.25) is 0 Å². The summed E-state index contributed by atoms with van der Waals surface area (Å²) in [5.74, 6) is -0.246. The van der Waals surface area contributed by atoms with Gasteiger partial charge in [-0.1, -0.05) is 12.1 Å². The zero-order valence-electron chi connectivity index (χ0n) is 11.7. The highest BCUT2D eigenvalue weighted by Gasteiger charge is 2.06. The van der Waals surface area contributed by atoms with E-state index < -0.39 is 0 Å². The third kappa shape index (κ3) is 5.88. The van der Waals surface area contributed by atoms with Crippen LogP contribution in [0.1, 0.15) is 12.8 Å². The third-order valence-corrected chi connectivity index (χ3v) is 2.84. The molecule has 0 atom stereocenters. The van der Waals surface area contributed by atoms with Crippen LogP contribution in [0, 0.1) is 5.82 Å². The molecule has 20 heavy (non-hydrogen) atoms. The number of para-hydroxylation sites is 1. The van der Waals surface area contributed by atoms with Gasteiger partial charge in [-0.05, 0) is 25.0 Å². The number of carbonyl (C=O) groups excluding carboxylic acids is 1. The minimum Gasteiger partial charge on any atom is -0.396 e. The van der Waals surface area contributed by atoms with Crippen molar-refractivity contribution in [2.24, 2.45) is 0 Å². The van der Waals surface area contributed by atoms with Gasteiger partial charge in [-0.3, -0.25) is 0 Å². The molecule has 1 rings (SSSR count). The molecule has 0 saturated heterocycles. The highest BCUT2D eigenvalue weighted by Crippen LogP contribution is 2.16. The number of hydrogen-bond donors (Lipinski definition) is 3. The van der Waals surface area contributed by atoms with Crippen LogP contribution >= 0.6 is 0 Å². The molecule has 5 nitrogen and oxygen atoms in total. The molecule has 0 spiro atoms. The van der Waals surface area contributed by atoms with Crippen LogP contribution in [0.3, 0.4) is 0 Å². The van der Waals surface area contributed by atoms with Gasteiger partial charge < -0.3 is 20.6 Å². The number of carbonyl (C=O) groups is 1. The van der Waals surface area contributed by atoms with Crippen LogP contribution in [0.25, 0.3) is 0 Å². The maximum atomic E-state index is 13.5. The molecule has 0 aromatic heterocycles. The van der Waals surface area contributed by atoms with Crippen molar-refractivity contribution in [1.82, 2.24) is 10.6 Å². The van der Waals surface area contributed by atoms with Gasteiger partial charge in [0, 0.05) is 33.3 Å². The number of anilines is 1. The molecule has 2 amide bonds. The molecule has 0 aliphatic heterocycles. The van der Waals surface area contributed by atoms with Crippen LogP contribution in [0.2, 0.25) is 0 Å². The predicted octanol–water partition coefficient (Wildman–Crippen LogP) is 1.33. The van der Waals surface area contributed by atoms with Crippen molar-refractivity contribution in [2.75, 3.05) is 38.2 Å². The van der Waals surface area contributed by atoms with Crippen molar-refractivity contribution in [3.63, 3.8) is 0 Å². The maximum absolute atomic E-state index is 13.5. The highest BCUT2D eigenvalue weighted by atomic mass is 19.1.